The van der Waals surface area contributed by atoms with Crippen molar-refractivity contribution in [1.29, 1.82) is 0 Å². The van der Waals surface area contributed by atoms with E-state index < -0.39 is 0 Å². The van der Waals surface area contributed by atoms with Crippen LogP contribution in [0, 0.1) is 11.8 Å². The van der Waals surface area contributed by atoms with Crippen molar-refractivity contribution in [3.05, 3.63) is 0 Å². The summed E-state index contributed by atoms with van der Waals surface area (Å²) in [7, 11) is 0. The van der Waals surface area contributed by atoms with E-state index in [1.807, 2.05) is 0 Å². The lowest BCUT2D eigenvalue weighted by Crippen LogP contribution is -2.52. The maximum atomic E-state index is 5.51. The first-order chi connectivity index (χ1) is 12.6. The molecule has 26 heavy (non-hydrogen) atoms. The molecule has 2 N–H and O–H groups in total. The minimum Gasteiger partial charge on any atom is -0.379 e. The number of rotatable bonds is 9. The number of hydrogen-bond donors (Lipinski definition) is 2. The largest absolute Gasteiger partial charge is 0.379 e. The lowest BCUT2D eigenvalue weighted by molar-refractivity contribution is 0.00752. The predicted octanol–water partition coefficient (Wildman–Crippen LogP) is 1.63. The van der Waals surface area contributed by atoms with Gasteiger partial charge in [0.15, 0.2) is 5.96 Å². The van der Waals surface area contributed by atoms with Crippen LogP contribution in [0.5, 0.6) is 0 Å². The molecule has 2 aliphatic heterocycles. The van der Waals surface area contributed by atoms with Crippen LogP contribution in [-0.4, -0.2) is 87.4 Å². The van der Waals surface area contributed by atoms with Crippen LogP contribution in [0.3, 0.4) is 0 Å². The molecule has 2 unspecified atom stereocenters. The van der Waals surface area contributed by atoms with Crippen molar-refractivity contribution >= 4 is 5.96 Å². The van der Waals surface area contributed by atoms with Crippen molar-refractivity contribution < 1.29 is 4.74 Å². The van der Waals surface area contributed by atoms with Crippen molar-refractivity contribution in [2.45, 2.75) is 46.6 Å². The zero-order chi connectivity index (χ0) is 18.8. The van der Waals surface area contributed by atoms with E-state index in [1.54, 1.807) is 0 Å². The van der Waals surface area contributed by atoms with Crippen LogP contribution in [-0.2, 0) is 4.74 Å². The molecule has 0 aromatic carbocycles. The fourth-order valence-electron chi connectivity index (χ4n) is 3.95. The molecule has 2 rings (SSSR count). The fourth-order valence-corrected chi connectivity index (χ4v) is 3.95. The normalized spacial score (nSPS) is 22.6. The summed E-state index contributed by atoms with van der Waals surface area (Å²) in [6, 6.07) is 0.518. The van der Waals surface area contributed by atoms with Gasteiger partial charge in [-0.25, -0.2) is 0 Å². The first-order valence-electron chi connectivity index (χ1n) is 10.7. The van der Waals surface area contributed by atoms with Gasteiger partial charge in [-0.05, 0) is 44.7 Å². The number of nitrogens with one attached hydrogen (secondary N) is 2. The van der Waals surface area contributed by atoms with Crippen molar-refractivity contribution in [3.8, 4) is 0 Å². The molecular formula is C20H41N5O. The van der Waals surface area contributed by atoms with Gasteiger partial charge in [0.2, 0.25) is 0 Å². The van der Waals surface area contributed by atoms with E-state index in [2.05, 4.69) is 48.1 Å². The molecule has 152 valence electrons. The molecule has 2 aliphatic rings. The van der Waals surface area contributed by atoms with Gasteiger partial charge in [0.1, 0.15) is 0 Å². The lowest BCUT2D eigenvalue weighted by atomic mass is 10.0. The van der Waals surface area contributed by atoms with E-state index in [9.17, 15) is 0 Å². The molecule has 0 aliphatic carbocycles. The average molecular weight is 368 g/mol. The Labute approximate surface area is 160 Å². The third-order valence-electron chi connectivity index (χ3n) is 5.44. The van der Waals surface area contributed by atoms with Crippen molar-refractivity contribution in [2.75, 3.05) is 65.6 Å². The van der Waals surface area contributed by atoms with Crippen LogP contribution in [0.1, 0.15) is 40.5 Å². The van der Waals surface area contributed by atoms with Crippen LogP contribution >= 0.6 is 0 Å². The molecular weight excluding hydrogens is 326 g/mol. The Morgan fingerprint density at radius 2 is 1.73 bits per heavy atom. The number of morpholine rings is 1. The molecule has 2 fully saturated rings. The molecule has 0 bridgehead atoms. The van der Waals surface area contributed by atoms with Crippen molar-refractivity contribution in [1.82, 2.24) is 20.4 Å². The van der Waals surface area contributed by atoms with Crippen LogP contribution in [0.25, 0.3) is 0 Å². The summed E-state index contributed by atoms with van der Waals surface area (Å²) < 4.78 is 5.51. The highest BCUT2D eigenvalue weighted by molar-refractivity contribution is 5.79. The number of hydrogen-bond acceptors (Lipinski definition) is 4. The van der Waals surface area contributed by atoms with E-state index in [-0.39, 0.29) is 0 Å². The molecule has 6 nitrogen and oxygen atoms in total. The van der Waals surface area contributed by atoms with E-state index >= 15 is 0 Å². The summed E-state index contributed by atoms with van der Waals surface area (Å²) in [6.45, 7) is 19.3. The fraction of sp³-hybridized carbons (Fsp3) is 0.950. The summed E-state index contributed by atoms with van der Waals surface area (Å²) in [6.07, 6.45) is 2.72. The van der Waals surface area contributed by atoms with Crippen LogP contribution in [0.2, 0.25) is 0 Å². The second kappa shape index (κ2) is 11.8. The highest BCUT2D eigenvalue weighted by atomic mass is 16.5. The first-order valence-corrected chi connectivity index (χ1v) is 10.7. The topological polar surface area (TPSA) is 52.1 Å². The SMILES string of the molecule is CCNC(=NCC(C)CN1CCCC1)NCC(C(C)C)N1CCOCC1. The maximum Gasteiger partial charge on any atom is 0.191 e. The standard InChI is InChI=1S/C20H41N5O/c1-5-21-20(22-14-18(4)16-24-8-6-7-9-24)23-15-19(17(2)3)25-10-12-26-13-11-25/h17-19H,5-16H2,1-4H3,(H2,21,22,23). The Morgan fingerprint density at radius 3 is 2.35 bits per heavy atom. The van der Waals surface area contributed by atoms with Crippen molar-refractivity contribution in [3.63, 3.8) is 0 Å². The molecule has 2 saturated heterocycles. The summed E-state index contributed by atoms with van der Waals surface area (Å²) in [5.74, 6) is 2.17. The molecule has 0 amide bonds. The summed E-state index contributed by atoms with van der Waals surface area (Å²) >= 11 is 0. The predicted molar refractivity (Wildman–Crippen MR) is 110 cm³/mol. The van der Waals surface area contributed by atoms with E-state index in [4.69, 9.17) is 9.73 Å². The van der Waals surface area contributed by atoms with Gasteiger partial charge < -0.3 is 20.3 Å². The molecule has 0 spiro atoms. The monoisotopic (exact) mass is 367 g/mol. The second-order valence-electron chi connectivity index (χ2n) is 8.17. The maximum absolute atomic E-state index is 5.51. The Morgan fingerprint density at radius 1 is 1.04 bits per heavy atom. The Balaban J connectivity index is 1.82. The van der Waals surface area contributed by atoms with E-state index in [0.717, 1.165) is 51.9 Å². The van der Waals surface area contributed by atoms with Gasteiger partial charge in [0, 0.05) is 45.3 Å². The van der Waals surface area contributed by atoms with Crippen molar-refractivity contribution in [2.24, 2.45) is 16.8 Å². The highest BCUT2D eigenvalue weighted by Crippen LogP contribution is 2.12. The summed E-state index contributed by atoms with van der Waals surface area (Å²) in [5, 5.41) is 7.00. The molecule has 2 heterocycles. The highest BCUT2D eigenvalue weighted by Gasteiger charge is 2.24. The minimum atomic E-state index is 0.518. The van der Waals surface area contributed by atoms with Gasteiger partial charge in [0.05, 0.1) is 13.2 Å². The zero-order valence-corrected chi connectivity index (χ0v) is 17.5. The number of likely N-dealkylation sites (tertiary alicyclic amines) is 1. The molecule has 0 aromatic heterocycles. The summed E-state index contributed by atoms with van der Waals surface area (Å²) in [4.78, 5) is 9.99. The van der Waals surface area contributed by atoms with Crippen LogP contribution in [0.4, 0.5) is 0 Å². The number of ether oxygens (including phenoxy) is 1. The Hall–Kier alpha value is -0.850. The smallest absolute Gasteiger partial charge is 0.191 e. The van der Waals surface area contributed by atoms with Gasteiger partial charge >= 0.3 is 0 Å². The Bertz CT molecular complexity index is 403. The molecule has 0 saturated carbocycles. The van der Waals surface area contributed by atoms with Gasteiger partial charge in [-0.15, -0.1) is 0 Å². The lowest BCUT2D eigenvalue weighted by Gasteiger charge is -2.37. The average Bonchev–Trinajstić information content (AvgIpc) is 3.13. The zero-order valence-electron chi connectivity index (χ0n) is 17.5. The third kappa shape index (κ3) is 7.41. The van der Waals surface area contributed by atoms with E-state index in [1.165, 1.54) is 32.5 Å². The van der Waals surface area contributed by atoms with E-state index in [0.29, 0.717) is 17.9 Å². The molecule has 2 atom stereocenters. The second-order valence-corrected chi connectivity index (χ2v) is 8.17. The van der Waals surface area contributed by atoms with Crippen LogP contribution < -0.4 is 10.6 Å². The van der Waals surface area contributed by atoms with Gasteiger partial charge in [-0.1, -0.05) is 20.8 Å². The third-order valence-corrected chi connectivity index (χ3v) is 5.44. The summed E-state index contributed by atoms with van der Waals surface area (Å²) in [5.41, 5.74) is 0. The minimum absolute atomic E-state index is 0.518. The quantitative estimate of drug-likeness (QED) is 0.479. The first kappa shape index (κ1) is 21.5. The number of aliphatic imine (C=N–C) groups is 1. The Kier molecular flexibility index (Phi) is 9.72. The van der Waals surface area contributed by atoms with Gasteiger partial charge in [0.25, 0.3) is 0 Å². The number of nitrogens with zero attached hydrogens (tertiary/aromatic N) is 3. The van der Waals surface area contributed by atoms with Gasteiger partial charge in [-0.3, -0.25) is 9.89 Å². The number of guanidine groups is 1. The molecule has 6 heteroatoms. The van der Waals surface area contributed by atoms with Gasteiger partial charge in [-0.2, -0.15) is 0 Å². The molecule has 0 radical (unpaired) electrons. The molecule has 0 aromatic rings. The van der Waals surface area contributed by atoms with Crippen LogP contribution in [0.15, 0.2) is 4.99 Å².